The predicted octanol–water partition coefficient (Wildman–Crippen LogP) is 2.46. The van der Waals surface area contributed by atoms with Gasteiger partial charge in [0.05, 0.1) is 18.2 Å². The molecule has 16 heavy (non-hydrogen) atoms. The predicted molar refractivity (Wildman–Crippen MR) is 58.3 cm³/mol. The molecule has 0 spiro atoms. The monoisotopic (exact) mass is 293 g/mol. The molecule has 4 heteroatoms. The Balaban J connectivity index is 0. The molecule has 1 aromatic carbocycles. The molecule has 0 unspecified atom stereocenters. The van der Waals surface area contributed by atoms with Gasteiger partial charge in [0.25, 0.3) is 0 Å². The maximum Gasteiger partial charge on any atom is 0.119 e. The van der Waals surface area contributed by atoms with Crippen molar-refractivity contribution in [3.63, 3.8) is 0 Å². The Morgan fingerprint density at radius 3 is 2.31 bits per heavy atom. The minimum atomic E-state index is 0. The fourth-order valence-corrected chi connectivity index (χ4v) is 0.836. The molecular weight excluding hydrogens is 279 g/mol. The van der Waals surface area contributed by atoms with Crippen LogP contribution in [0, 0.1) is 11.3 Å². The van der Waals surface area contributed by atoms with Crippen molar-refractivity contribution in [3.8, 4) is 11.8 Å². The van der Waals surface area contributed by atoms with Crippen LogP contribution in [0.5, 0.6) is 5.75 Å². The van der Waals surface area contributed by atoms with Crippen LogP contribution < -0.4 is 4.74 Å². The van der Waals surface area contributed by atoms with Crippen molar-refractivity contribution in [2.45, 2.75) is 20.3 Å². The standard InChI is InChI=1S/C10H8NO2.C2H6.Y/c11-8-9-2-4-10(5-3-9)13-7-1-6-12;1-2;/h2-5H,1,7H2;1-2H3;/q-1;;. The van der Waals surface area contributed by atoms with Crippen LogP contribution in [0.4, 0.5) is 0 Å². The Hall–Kier alpha value is -0.716. The van der Waals surface area contributed by atoms with Gasteiger partial charge in [0.1, 0.15) is 5.75 Å². The zero-order valence-electron chi connectivity index (χ0n) is 9.56. The first-order chi connectivity index (χ1) is 7.36. The average Bonchev–Trinajstić information content (AvgIpc) is 2.33. The largest absolute Gasteiger partial charge is 0.542 e. The van der Waals surface area contributed by atoms with Gasteiger partial charge in [-0.3, -0.25) is 6.29 Å². The summed E-state index contributed by atoms with van der Waals surface area (Å²) in [7, 11) is 0. The van der Waals surface area contributed by atoms with Crippen molar-refractivity contribution in [3.05, 3.63) is 29.8 Å². The smallest absolute Gasteiger partial charge is 0.119 e. The maximum absolute atomic E-state index is 9.85. The minimum absolute atomic E-state index is 0. The van der Waals surface area contributed by atoms with Gasteiger partial charge in [0.2, 0.25) is 0 Å². The second-order valence-corrected chi connectivity index (χ2v) is 2.38. The van der Waals surface area contributed by atoms with Crippen LogP contribution in [0.25, 0.3) is 0 Å². The van der Waals surface area contributed by atoms with Crippen LogP contribution in [0.2, 0.25) is 0 Å². The summed E-state index contributed by atoms with van der Waals surface area (Å²) < 4.78 is 5.17. The summed E-state index contributed by atoms with van der Waals surface area (Å²) in [5.41, 5.74) is 0.592. The summed E-state index contributed by atoms with van der Waals surface area (Å²) in [4.78, 5) is 9.85. The number of rotatable bonds is 4. The molecule has 1 radical (unpaired) electrons. The van der Waals surface area contributed by atoms with E-state index in [1.807, 2.05) is 19.9 Å². The molecule has 0 bridgehead atoms. The molecular formula is C12H14NO2Y-. The molecule has 0 aliphatic heterocycles. The Kier molecular flexibility index (Phi) is 13.6. The van der Waals surface area contributed by atoms with E-state index in [1.54, 1.807) is 30.6 Å². The Labute approximate surface area is 122 Å². The van der Waals surface area contributed by atoms with Crippen LogP contribution in [0.3, 0.4) is 0 Å². The molecule has 0 atom stereocenters. The first-order valence-corrected chi connectivity index (χ1v) is 4.85. The summed E-state index contributed by atoms with van der Waals surface area (Å²) in [5.74, 6) is 0.661. The number of nitrogens with zero attached hydrogens (tertiary/aromatic N) is 1. The molecule has 1 aromatic rings. The summed E-state index contributed by atoms with van der Waals surface area (Å²) >= 11 is 0. The molecule has 0 amide bonds. The molecule has 3 nitrogen and oxygen atoms in total. The van der Waals surface area contributed by atoms with Crippen LogP contribution >= 0.6 is 0 Å². The van der Waals surface area contributed by atoms with Crippen LogP contribution in [-0.2, 0) is 37.5 Å². The maximum atomic E-state index is 9.85. The van der Waals surface area contributed by atoms with E-state index < -0.39 is 0 Å². The Morgan fingerprint density at radius 2 is 1.88 bits per heavy atom. The van der Waals surface area contributed by atoms with Crippen molar-refractivity contribution in [2.75, 3.05) is 6.61 Å². The Bertz CT molecular complexity index is 317. The topological polar surface area (TPSA) is 50.1 Å². The van der Waals surface area contributed by atoms with E-state index in [-0.39, 0.29) is 39.1 Å². The van der Waals surface area contributed by atoms with Gasteiger partial charge in [0.15, 0.2) is 0 Å². The van der Waals surface area contributed by atoms with Gasteiger partial charge in [-0.05, 0) is 24.3 Å². The van der Waals surface area contributed by atoms with Crippen molar-refractivity contribution >= 4 is 6.29 Å². The second-order valence-electron chi connectivity index (χ2n) is 2.38. The van der Waals surface area contributed by atoms with Crippen molar-refractivity contribution < 1.29 is 42.2 Å². The molecule has 0 saturated carbocycles. The fourth-order valence-electron chi connectivity index (χ4n) is 0.836. The van der Waals surface area contributed by atoms with E-state index in [0.717, 1.165) is 0 Å². The molecule has 0 N–H and O–H groups in total. The second kappa shape index (κ2) is 12.4. The number of benzene rings is 1. The van der Waals surface area contributed by atoms with Gasteiger partial charge in [0, 0.05) is 32.7 Å². The Morgan fingerprint density at radius 1 is 1.31 bits per heavy atom. The molecule has 0 fully saturated rings. The molecule has 0 aliphatic carbocycles. The van der Waals surface area contributed by atoms with Crippen LogP contribution in [0.15, 0.2) is 24.3 Å². The van der Waals surface area contributed by atoms with Crippen LogP contribution in [0.1, 0.15) is 25.8 Å². The molecule has 0 aromatic heterocycles. The SMILES string of the molecule is CC.N#Cc1ccc(OCC[C-]=O)cc1.[Y]. The molecule has 1 rings (SSSR count). The number of ether oxygens (including phenoxy) is 1. The van der Waals surface area contributed by atoms with Crippen LogP contribution in [-0.4, -0.2) is 12.9 Å². The van der Waals surface area contributed by atoms with E-state index in [9.17, 15) is 4.79 Å². The summed E-state index contributed by atoms with van der Waals surface area (Å²) in [5, 5.41) is 8.50. The van der Waals surface area contributed by atoms with Crippen molar-refractivity contribution in [1.29, 1.82) is 5.26 Å². The zero-order valence-corrected chi connectivity index (χ0v) is 12.4. The summed E-state index contributed by atoms with van der Waals surface area (Å²) in [6.07, 6.45) is 2.00. The van der Waals surface area contributed by atoms with Gasteiger partial charge in [-0.2, -0.15) is 5.26 Å². The third kappa shape index (κ3) is 7.56. The normalized spacial score (nSPS) is 7.56. The van der Waals surface area contributed by atoms with E-state index in [0.29, 0.717) is 17.9 Å². The minimum Gasteiger partial charge on any atom is -0.542 e. The quantitative estimate of drug-likeness (QED) is 0.633. The van der Waals surface area contributed by atoms with Gasteiger partial charge in [-0.15, -0.1) is 6.42 Å². The third-order valence-corrected chi connectivity index (χ3v) is 1.46. The van der Waals surface area contributed by atoms with Crippen molar-refractivity contribution in [2.24, 2.45) is 0 Å². The molecule has 83 valence electrons. The van der Waals surface area contributed by atoms with Crippen molar-refractivity contribution in [1.82, 2.24) is 0 Å². The number of carbonyl (C=O) groups excluding carboxylic acids is 1. The van der Waals surface area contributed by atoms with E-state index >= 15 is 0 Å². The molecule has 0 saturated heterocycles. The van der Waals surface area contributed by atoms with E-state index in [2.05, 4.69) is 0 Å². The van der Waals surface area contributed by atoms with Gasteiger partial charge in [-0.1, -0.05) is 13.8 Å². The first kappa shape index (κ1) is 17.7. The number of hydrogen-bond acceptors (Lipinski definition) is 3. The first-order valence-electron chi connectivity index (χ1n) is 4.85. The van der Waals surface area contributed by atoms with Gasteiger partial charge >= 0.3 is 0 Å². The molecule has 0 heterocycles. The van der Waals surface area contributed by atoms with E-state index in [1.165, 1.54) is 0 Å². The zero-order chi connectivity index (χ0) is 11.5. The van der Waals surface area contributed by atoms with E-state index in [4.69, 9.17) is 10.00 Å². The number of hydrogen-bond donors (Lipinski definition) is 0. The fraction of sp³-hybridized carbons (Fsp3) is 0.333. The van der Waals surface area contributed by atoms with Gasteiger partial charge in [-0.25, -0.2) is 0 Å². The number of nitriles is 1. The van der Waals surface area contributed by atoms with Gasteiger partial charge < -0.3 is 9.53 Å². The average molecular weight is 293 g/mol. The summed E-state index contributed by atoms with van der Waals surface area (Å²) in [6.45, 7) is 4.33. The molecule has 0 aliphatic rings. The summed E-state index contributed by atoms with van der Waals surface area (Å²) in [6, 6.07) is 8.73. The third-order valence-electron chi connectivity index (χ3n) is 1.46.